The minimum Gasteiger partial charge on any atom is -0.464 e. The van der Waals surface area contributed by atoms with Crippen LogP contribution in [0.5, 0.6) is 0 Å². The summed E-state index contributed by atoms with van der Waals surface area (Å²) in [6.45, 7) is 1.85. The molecule has 1 atom stereocenters. The number of alkyl halides is 1. The van der Waals surface area contributed by atoms with Crippen LogP contribution in [-0.2, 0) is 16.1 Å². The fourth-order valence-corrected chi connectivity index (χ4v) is 1.85. The molecule has 0 aliphatic heterocycles. The number of nitrogens with zero attached hydrogens (tertiary/aromatic N) is 2. The van der Waals surface area contributed by atoms with Crippen molar-refractivity contribution in [2.75, 3.05) is 7.11 Å². The third-order valence-electron chi connectivity index (χ3n) is 2.86. The number of esters is 1. The number of aromatic nitrogens is 1. The van der Waals surface area contributed by atoms with E-state index < -0.39 is 11.3 Å². The highest BCUT2D eigenvalue weighted by atomic mass is 35.5. The largest absolute Gasteiger partial charge is 0.464 e. The van der Waals surface area contributed by atoms with Crippen LogP contribution >= 0.6 is 11.6 Å². The van der Waals surface area contributed by atoms with E-state index in [1.54, 1.807) is 11.8 Å². The number of oxazole rings is 1. The number of carbonyl (C=O) groups excluding carboxylic acids is 2. The third kappa shape index (κ3) is 3.26. The molecule has 1 saturated carbocycles. The van der Waals surface area contributed by atoms with Crippen LogP contribution in [0.2, 0.25) is 0 Å². The summed E-state index contributed by atoms with van der Waals surface area (Å²) < 4.78 is 9.71. The van der Waals surface area contributed by atoms with Gasteiger partial charge in [0, 0.05) is 6.04 Å². The van der Waals surface area contributed by atoms with Gasteiger partial charge in [0.2, 0.25) is 11.8 Å². The van der Waals surface area contributed by atoms with Gasteiger partial charge < -0.3 is 14.1 Å². The number of amides is 1. The molecule has 0 aromatic carbocycles. The highest BCUT2D eigenvalue weighted by molar-refractivity contribution is 6.30. The van der Waals surface area contributed by atoms with Gasteiger partial charge in [0.25, 0.3) is 0 Å². The standard InChI is InChI=1S/C12H15ClN2O4/c1-7(13)11(16)15(8-3-4-8)5-10-14-9(6-19-10)12(17)18-2/h6-8H,3-5H2,1-2H3. The lowest BCUT2D eigenvalue weighted by Crippen LogP contribution is -2.37. The molecule has 1 unspecified atom stereocenters. The lowest BCUT2D eigenvalue weighted by molar-refractivity contribution is -0.132. The van der Waals surface area contributed by atoms with Crippen LogP contribution in [0.15, 0.2) is 10.7 Å². The maximum Gasteiger partial charge on any atom is 0.360 e. The number of rotatable bonds is 5. The highest BCUT2D eigenvalue weighted by Gasteiger charge is 2.35. The van der Waals surface area contributed by atoms with E-state index in [0.29, 0.717) is 5.89 Å². The number of ether oxygens (including phenoxy) is 1. The smallest absolute Gasteiger partial charge is 0.360 e. The van der Waals surface area contributed by atoms with Crippen molar-refractivity contribution in [1.29, 1.82) is 0 Å². The van der Waals surface area contributed by atoms with E-state index in [2.05, 4.69) is 9.72 Å². The normalized spacial score (nSPS) is 15.9. The molecule has 0 spiro atoms. The first kappa shape index (κ1) is 13.9. The van der Waals surface area contributed by atoms with Crippen molar-refractivity contribution in [3.05, 3.63) is 17.8 Å². The van der Waals surface area contributed by atoms with Crippen molar-refractivity contribution < 1.29 is 18.7 Å². The molecule has 1 aromatic heterocycles. The predicted molar refractivity (Wildman–Crippen MR) is 66.7 cm³/mol. The number of carbonyl (C=O) groups is 2. The van der Waals surface area contributed by atoms with Gasteiger partial charge in [-0.15, -0.1) is 11.6 Å². The Morgan fingerprint density at radius 1 is 1.63 bits per heavy atom. The number of hydrogen-bond acceptors (Lipinski definition) is 5. The maximum atomic E-state index is 12.0. The van der Waals surface area contributed by atoms with E-state index in [1.165, 1.54) is 13.4 Å². The maximum absolute atomic E-state index is 12.0. The number of hydrogen-bond donors (Lipinski definition) is 0. The molecule has 0 N–H and O–H groups in total. The summed E-state index contributed by atoms with van der Waals surface area (Å²) in [7, 11) is 1.27. The quantitative estimate of drug-likeness (QED) is 0.607. The molecule has 6 nitrogen and oxygen atoms in total. The van der Waals surface area contributed by atoms with Gasteiger partial charge in [-0.2, -0.15) is 0 Å². The molecular formula is C12H15ClN2O4. The second-order valence-electron chi connectivity index (χ2n) is 4.43. The van der Waals surface area contributed by atoms with E-state index in [-0.39, 0.29) is 24.2 Å². The summed E-state index contributed by atoms with van der Waals surface area (Å²) in [5, 5.41) is -0.587. The van der Waals surface area contributed by atoms with Gasteiger partial charge >= 0.3 is 5.97 Å². The molecule has 1 amide bonds. The topological polar surface area (TPSA) is 72.6 Å². The van der Waals surface area contributed by atoms with Crippen molar-refractivity contribution in [1.82, 2.24) is 9.88 Å². The molecule has 0 bridgehead atoms. The van der Waals surface area contributed by atoms with Gasteiger partial charge in [-0.1, -0.05) is 0 Å². The molecule has 2 rings (SSSR count). The van der Waals surface area contributed by atoms with E-state index in [1.807, 2.05) is 0 Å². The molecule has 0 radical (unpaired) electrons. The van der Waals surface area contributed by atoms with Crippen LogP contribution in [0.25, 0.3) is 0 Å². The average Bonchev–Trinajstić information content (AvgIpc) is 3.13. The minimum absolute atomic E-state index is 0.0969. The van der Waals surface area contributed by atoms with Crippen molar-refractivity contribution in [3.8, 4) is 0 Å². The Bertz CT molecular complexity index is 482. The Kier molecular flexibility index (Phi) is 4.09. The molecular weight excluding hydrogens is 272 g/mol. The van der Waals surface area contributed by atoms with Gasteiger partial charge in [-0.25, -0.2) is 9.78 Å². The van der Waals surface area contributed by atoms with Crippen molar-refractivity contribution in [2.45, 2.75) is 37.7 Å². The third-order valence-corrected chi connectivity index (χ3v) is 3.05. The van der Waals surface area contributed by atoms with Crippen LogP contribution in [0.3, 0.4) is 0 Å². The van der Waals surface area contributed by atoms with Gasteiger partial charge in [-0.05, 0) is 19.8 Å². The number of halogens is 1. The van der Waals surface area contributed by atoms with Crippen molar-refractivity contribution in [2.24, 2.45) is 0 Å². The second kappa shape index (κ2) is 5.61. The second-order valence-corrected chi connectivity index (χ2v) is 5.09. The first-order chi connectivity index (χ1) is 9.02. The van der Waals surface area contributed by atoms with Gasteiger partial charge in [0.15, 0.2) is 5.69 Å². The summed E-state index contributed by atoms with van der Waals surface area (Å²) in [4.78, 5) is 28.9. The Labute approximate surface area is 115 Å². The zero-order valence-corrected chi connectivity index (χ0v) is 11.5. The molecule has 7 heteroatoms. The van der Waals surface area contributed by atoms with Crippen LogP contribution < -0.4 is 0 Å². The molecule has 19 heavy (non-hydrogen) atoms. The molecule has 1 heterocycles. The summed E-state index contributed by atoms with van der Waals surface area (Å²) in [6.07, 6.45) is 3.14. The Balaban J connectivity index is 2.07. The van der Waals surface area contributed by atoms with Crippen LogP contribution in [-0.4, -0.2) is 40.3 Å². The Morgan fingerprint density at radius 3 is 2.84 bits per heavy atom. The molecule has 1 aliphatic carbocycles. The summed E-state index contributed by atoms with van der Waals surface area (Å²) in [6, 6.07) is 0.196. The van der Waals surface area contributed by atoms with E-state index >= 15 is 0 Å². The zero-order valence-electron chi connectivity index (χ0n) is 10.8. The van der Waals surface area contributed by atoms with E-state index in [9.17, 15) is 9.59 Å². The number of methoxy groups -OCH3 is 1. The van der Waals surface area contributed by atoms with Crippen LogP contribution in [0.4, 0.5) is 0 Å². The Hall–Kier alpha value is -1.56. The lowest BCUT2D eigenvalue weighted by Gasteiger charge is -2.21. The zero-order chi connectivity index (χ0) is 14.0. The molecule has 104 valence electrons. The average molecular weight is 287 g/mol. The van der Waals surface area contributed by atoms with Crippen molar-refractivity contribution >= 4 is 23.5 Å². The molecule has 1 aliphatic rings. The van der Waals surface area contributed by atoms with Crippen LogP contribution in [0, 0.1) is 0 Å². The van der Waals surface area contributed by atoms with Crippen molar-refractivity contribution in [3.63, 3.8) is 0 Å². The van der Waals surface area contributed by atoms with Gasteiger partial charge in [-0.3, -0.25) is 4.79 Å². The monoisotopic (exact) mass is 286 g/mol. The summed E-state index contributed by atoms with van der Waals surface area (Å²) in [5.41, 5.74) is 0.0969. The molecule has 1 fully saturated rings. The molecule has 1 aromatic rings. The fraction of sp³-hybridized carbons (Fsp3) is 0.583. The Morgan fingerprint density at radius 2 is 2.32 bits per heavy atom. The summed E-state index contributed by atoms with van der Waals surface area (Å²) >= 11 is 5.82. The summed E-state index contributed by atoms with van der Waals surface area (Å²) in [5.74, 6) is -0.412. The highest BCUT2D eigenvalue weighted by Crippen LogP contribution is 2.29. The SMILES string of the molecule is COC(=O)c1coc(CN(C(=O)C(C)Cl)C2CC2)n1. The van der Waals surface area contributed by atoms with Crippen LogP contribution in [0.1, 0.15) is 36.1 Å². The first-order valence-electron chi connectivity index (χ1n) is 6.00. The first-order valence-corrected chi connectivity index (χ1v) is 6.44. The minimum atomic E-state index is -0.587. The lowest BCUT2D eigenvalue weighted by atomic mass is 10.3. The molecule has 0 saturated heterocycles. The van der Waals surface area contributed by atoms with E-state index in [4.69, 9.17) is 16.0 Å². The fourth-order valence-electron chi connectivity index (χ4n) is 1.73. The van der Waals surface area contributed by atoms with Gasteiger partial charge in [0.05, 0.1) is 13.7 Å². The van der Waals surface area contributed by atoms with Gasteiger partial charge in [0.1, 0.15) is 11.6 Å². The predicted octanol–water partition coefficient (Wildman–Crippen LogP) is 1.58. The van der Waals surface area contributed by atoms with E-state index in [0.717, 1.165) is 12.8 Å².